The first kappa shape index (κ1) is 13.6. The molecule has 4 heteroatoms. The maximum Gasteiger partial charge on any atom is 0.342 e. The molecule has 0 saturated carbocycles. The van der Waals surface area contributed by atoms with Crippen molar-refractivity contribution in [3.8, 4) is 11.8 Å². The van der Waals surface area contributed by atoms with Crippen LogP contribution in [0.4, 0.5) is 0 Å². The van der Waals surface area contributed by atoms with Gasteiger partial charge in [0.1, 0.15) is 17.9 Å². The fraction of sp³-hybridized carbons (Fsp3) is 0.125. The molecule has 0 fully saturated rings. The van der Waals surface area contributed by atoms with Gasteiger partial charge in [-0.1, -0.05) is 30.3 Å². The number of hydrogen-bond donors (Lipinski definition) is 1. The molecule has 0 spiro atoms. The number of nitrogens with zero attached hydrogens (tertiary/aromatic N) is 1. The summed E-state index contributed by atoms with van der Waals surface area (Å²) in [5, 5.41) is 18.8. The maximum atomic E-state index is 11.9. The van der Waals surface area contributed by atoms with Crippen molar-refractivity contribution in [2.75, 3.05) is 0 Å². The third-order valence-corrected chi connectivity index (χ3v) is 2.95. The predicted octanol–water partition coefficient (Wildman–Crippen LogP) is 2.93. The van der Waals surface area contributed by atoms with Gasteiger partial charge in [-0.25, -0.2) is 4.79 Å². The topological polar surface area (TPSA) is 70.3 Å². The van der Waals surface area contributed by atoms with E-state index in [-0.39, 0.29) is 17.9 Å². The van der Waals surface area contributed by atoms with Gasteiger partial charge >= 0.3 is 5.97 Å². The zero-order chi connectivity index (χ0) is 14.5. The van der Waals surface area contributed by atoms with Gasteiger partial charge < -0.3 is 9.84 Å². The Labute approximate surface area is 116 Å². The minimum Gasteiger partial charge on any atom is -0.507 e. The summed E-state index contributed by atoms with van der Waals surface area (Å²) in [4.78, 5) is 11.9. The number of para-hydroxylation sites is 1. The number of rotatable bonds is 3. The molecule has 0 aliphatic heterocycles. The van der Waals surface area contributed by atoms with E-state index in [1.54, 1.807) is 43.3 Å². The lowest BCUT2D eigenvalue weighted by Gasteiger charge is -2.08. The van der Waals surface area contributed by atoms with E-state index in [0.717, 1.165) is 0 Å². The average molecular weight is 267 g/mol. The van der Waals surface area contributed by atoms with Gasteiger partial charge in [-0.15, -0.1) is 0 Å². The molecule has 0 heterocycles. The molecule has 2 aromatic rings. The summed E-state index contributed by atoms with van der Waals surface area (Å²) in [5.74, 6) is -0.690. The lowest BCUT2D eigenvalue weighted by atomic mass is 10.1. The predicted molar refractivity (Wildman–Crippen MR) is 73.1 cm³/mol. The van der Waals surface area contributed by atoms with Crippen LogP contribution in [0.3, 0.4) is 0 Å². The van der Waals surface area contributed by atoms with Gasteiger partial charge in [0.2, 0.25) is 0 Å². The highest BCUT2D eigenvalue weighted by Gasteiger charge is 2.14. The van der Waals surface area contributed by atoms with E-state index < -0.39 is 5.97 Å². The van der Waals surface area contributed by atoms with Crippen molar-refractivity contribution in [2.24, 2.45) is 0 Å². The van der Waals surface area contributed by atoms with Crippen LogP contribution in [0.1, 0.15) is 27.0 Å². The third kappa shape index (κ3) is 2.78. The van der Waals surface area contributed by atoms with Crippen LogP contribution in [0, 0.1) is 18.3 Å². The number of benzene rings is 2. The second-order valence-electron chi connectivity index (χ2n) is 4.32. The molecule has 0 amide bonds. The number of ether oxygens (including phenoxy) is 1. The van der Waals surface area contributed by atoms with E-state index in [1.165, 1.54) is 6.07 Å². The van der Waals surface area contributed by atoms with Crippen LogP contribution in [0.25, 0.3) is 0 Å². The van der Waals surface area contributed by atoms with E-state index >= 15 is 0 Å². The molecule has 0 aliphatic carbocycles. The number of carbonyl (C=O) groups is 1. The van der Waals surface area contributed by atoms with Gasteiger partial charge in [0.15, 0.2) is 0 Å². The molecular formula is C16H13NO3. The molecule has 0 saturated heterocycles. The van der Waals surface area contributed by atoms with Gasteiger partial charge in [0, 0.05) is 5.56 Å². The first-order valence-electron chi connectivity index (χ1n) is 6.07. The van der Waals surface area contributed by atoms with E-state index in [2.05, 4.69) is 0 Å². The SMILES string of the molecule is Cc1cccc(C(=O)OCc2ccccc2C#N)c1O. The average Bonchev–Trinajstić information content (AvgIpc) is 2.48. The van der Waals surface area contributed by atoms with E-state index in [4.69, 9.17) is 10.00 Å². The minimum absolute atomic E-state index is 0.00402. The van der Waals surface area contributed by atoms with Crippen molar-refractivity contribution in [2.45, 2.75) is 13.5 Å². The van der Waals surface area contributed by atoms with Crippen LogP contribution in [-0.4, -0.2) is 11.1 Å². The highest BCUT2D eigenvalue weighted by Crippen LogP contribution is 2.22. The molecule has 2 aromatic carbocycles. The van der Waals surface area contributed by atoms with Crippen LogP contribution < -0.4 is 0 Å². The molecule has 20 heavy (non-hydrogen) atoms. The van der Waals surface area contributed by atoms with Gasteiger partial charge in [-0.2, -0.15) is 5.26 Å². The first-order valence-corrected chi connectivity index (χ1v) is 6.07. The van der Waals surface area contributed by atoms with Crippen LogP contribution in [-0.2, 0) is 11.3 Å². The number of phenolic OH excluding ortho intramolecular Hbond substituents is 1. The molecule has 0 unspecified atom stereocenters. The largest absolute Gasteiger partial charge is 0.507 e. The standard InChI is InChI=1S/C16H13NO3/c1-11-5-4-8-14(15(11)18)16(19)20-10-13-7-3-2-6-12(13)9-17/h2-8,18H,10H2,1H3. The Kier molecular flexibility index (Phi) is 4.02. The smallest absolute Gasteiger partial charge is 0.342 e. The minimum atomic E-state index is -0.612. The first-order chi connectivity index (χ1) is 9.63. The number of aryl methyl sites for hydroxylation is 1. The summed E-state index contributed by atoms with van der Waals surface area (Å²) in [6, 6.07) is 13.8. The normalized spacial score (nSPS) is 9.80. The highest BCUT2D eigenvalue weighted by molar-refractivity contribution is 5.92. The Balaban J connectivity index is 2.13. The molecule has 100 valence electrons. The molecule has 0 bridgehead atoms. The van der Waals surface area contributed by atoms with Gasteiger partial charge in [-0.05, 0) is 24.6 Å². The van der Waals surface area contributed by atoms with Gasteiger partial charge in [0.25, 0.3) is 0 Å². The molecule has 0 radical (unpaired) electrons. The summed E-state index contributed by atoms with van der Waals surface area (Å²) >= 11 is 0. The molecule has 2 rings (SSSR count). The Bertz CT molecular complexity index is 686. The van der Waals surface area contributed by atoms with Crippen molar-refractivity contribution in [1.29, 1.82) is 5.26 Å². The van der Waals surface area contributed by atoms with Gasteiger partial charge in [-0.3, -0.25) is 0 Å². The zero-order valence-corrected chi connectivity index (χ0v) is 11.0. The van der Waals surface area contributed by atoms with Crippen LogP contribution in [0.5, 0.6) is 5.75 Å². The van der Waals surface area contributed by atoms with Gasteiger partial charge in [0.05, 0.1) is 11.6 Å². The maximum absolute atomic E-state index is 11.9. The number of aromatic hydroxyl groups is 1. The Morgan fingerprint density at radius 3 is 2.75 bits per heavy atom. The van der Waals surface area contributed by atoms with Crippen molar-refractivity contribution in [3.63, 3.8) is 0 Å². The summed E-state index contributed by atoms with van der Waals surface area (Å²) in [7, 11) is 0. The molecule has 4 nitrogen and oxygen atoms in total. The number of esters is 1. The summed E-state index contributed by atoms with van der Waals surface area (Å²) < 4.78 is 5.14. The monoisotopic (exact) mass is 267 g/mol. The lowest BCUT2D eigenvalue weighted by Crippen LogP contribution is -2.06. The second-order valence-corrected chi connectivity index (χ2v) is 4.32. The second kappa shape index (κ2) is 5.89. The summed E-state index contributed by atoms with van der Waals surface area (Å²) in [6.07, 6.45) is 0. The molecule has 0 aliphatic rings. The van der Waals surface area contributed by atoms with Crippen LogP contribution in [0.2, 0.25) is 0 Å². The Morgan fingerprint density at radius 1 is 1.25 bits per heavy atom. The van der Waals surface area contributed by atoms with E-state index in [9.17, 15) is 9.90 Å². The molecular weight excluding hydrogens is 254 g/mol. The van der Waals surface area contributed by atoms with Crippen molar-refractivity contribution in [1.82, 2.24) is 0 Å². The third-order valence-electron chi connectivity index (χ3n) is 2.95. The fourth-order valence-electron chi connectivity index (χ4n) is 1.80. The number of carbonyl (C=O) groups excluding carboxylic acids is 1. The summed E-state index contributed by atoms with van der Waals surface area (Å²) in [6.45, 7) is 1.70. The highest BCUT2D eigenvalue weighted by atomic mass is 16.5. The van der Waals surface area contributed by atoms with Crippen LogP contribution in [0.15, 0.2) is 42.5 Å². The Morgan fingerprint density at radius 2 is 2.00 bits per heavy atom. The van der Waals surface area contributed by atoms with Crippen LogP contribution >= 0.6 is 0 Å². The number of nitriles is 1. The summed E-state index contributed by atoms with van der Waals surface area (Å²) in [5.41, 5.74) is 1.83. The zero-order valence-electron chi connectivity index (χ0n) is 11.0. The van der Waals surface area contributed by atoms with Crippen molar-refractivity contribution in [3.05, 3.63) is 64.7 Å². The molecule has 1 N–H and O–H groups in total. The number of phenols is 1. The van der Waals surface area contributed by atoms with E-state index in [1.807, 2.05) is 6.07 Å². The fourth-order valence-corrected chi connectivity index (χ4v) is 1.80. The Hall–Kier alpha value is -2.80. The van der Waals surface area contributed by atoms with Crippen molar-refractivity contribution >= 4 is 5.97 Å². The molecule has 0 aromatic heterocycles. The molecule has 0 atom stereocenters. The number of hydrogen-bond acceptors (Lipinski definition) is 4. The van der Waals surface area contributed by atoms with E-state index in [0.29, 0.717) is 16.7 Å². The van der Waals surface area contributed by atoms with Crippen molar-refractivity contribution < 1.29 is 14.6 Å². The lowest BCUT2D eigenvalue weighted by molar-refractivity contribution is 0.0469. The quantitative estimate of drug-likeness (QED) is 0.868.